The molecule has 2 heterocycles. The monoisotopic (exact) mass is 193 g/mol. The predicted octanol–water partition coefficient (Wildman–Crippen LogP) is 2.42. The highest BCUT2D eigenvalue weighted by atomic mass is 15.3. The van der Waals surface area contributed by atoms with Crippen LogP contribution in [0.3, 0.4) is 0 Å². The standard InChI is InChI=1S/C11H19N3/c1-3-10-5-4-9(2)14(8-10)11-12-6-7-13-11/h6-7,9-10H,3-5,8H2,1-2H3,(H,12,13)/t9-,10-/m1/s1. The minimum Gasteiger partial charge on any atom is -0.339 e. The van der Waals surface area contributed by atoms with Gasteiger partial charge >= 0.3 is 0 Å². The summed E-state index contributed by atoms with van der Waals surface area (Å²) in [4.78, 5) is 9.93. The van der Waals surface area contributed by atoms with Gasteiger partial charge in [-0.1, -0.05) is 13.3 Å². The fraction of sp³-hybridized carbons (Fsp3) is 0.727. The SMILES string of the molecule is CC[C@@H]1CC[C@@H](C)N(c2ncc[nH]2)C1. The Bertz CT molecular complexity index is 268. The number of piperidine rings is 1. The van der Waals surface area contributed by atoms with E-state index in [4.69, 9.17) is 0 Å². The number of nitrogens with one attached hydrogen (secondary N) is 1. The van der Waals surface area contributed by atoms with Gasteiger partial charge in [0, 0.05) is 25.0 Å². The first-order chi connectivity index (χ1) is 6.81. The lowest BCUT2D eigenvalue weighted by atomic mass is 9.92. The van der Waals surface area contributed by atoms with Gasteiger partial charge in [0.25, 0.3) is 0 Å². The normalized spacial score (nSPS) is 28.0. The molecular formula is C11H19N3. The summed E-state index contributed by atoms with van der Waals surface area (Å²) in [6, 6.07) is 0.629. The maximum Gasteiger partial charge on any atom is 0.202 e. The summed E-state index contributed by atoms with van der Waals surface area (Å²) in [5, 5.41) is 0. The molecule has 3 heteroatoms. The first kappa shape index (κ1) is 9.56. The lowest BCUT2D eigenvalue weighted by Gasteiger charge is -2.37. The summed E-state index contributed by atoms with van der Waals surface area (Å²) in [5.41, 5.74) is 0. The molecule has 2 rings (SSSR count). The number of H-pyrrole nitrogens is 1. The van der Waals surface area contributed by atoms with Gasteiger partial charge in [-0.3, -0.25) is 0 Å². The van der Waals surface area contributed by atoms with E-state index in [1.807, 2.05) is 12.4 Å². The molecule has 2 atom stereocenters. The molecule has 1 aromatic heterocycles. The third-order valence-corrected chi connectivity index (χ3v) is 3.31. The van der Waals surface area contributed by atoms with Crippen molar-refractivity contribution in [2.75, 3.05) is 11.4 Å². The minimum atomic E-state index is 0.629. The minimum absolute atomic E-state index is 0.629. The van der Waals surface area contributed by atoms with Crippen molar-refractivity contribution in [1.82, 2.24) is 9.97 Å². The van der Waals surface area contributed by atoms with E-state index in [2.05, 4.69) is 28.7 Å². The van der Waals surface area contributed by atoms with Gasteiger partial charge in [-0.25, -0.2) is 4.98 Å². The Morgan fingerprint density at radius 2 is 2.43 bits per heavy atom. The van der Waals surface area contributed by atoms with E-state index < -0.39 is 0 Å². The van der Waals surface area contributed by atoms with Gasteiger partial charge < -0.3 is 9.88 Å². The van der Waals surface area contributed by atoms with Gasteiger partial charge in [0.15, 0.2) is 0 Å². The molecule has 3 nitrogen and oxygen atoms in total. The van der Waals surface area contributed by atoms with E-state index in [-0.39, 0.29) is 0 Å². The van der Waals surface area contributed by atoms with Crippen LogP contribution in [0.1, 0.15) is 33.1 Å². The highest BCUT2D eigenvalue weighted by molar-refractivity contribution is 5.31. The molecule has 0 radical (unpaired) electrons. The zero-order chi connectivity index (χ0) is 9.97. The average Bonchev–Trinajstić information content (AvgIpc) is 2.71. The number of hydrogen-bond acceptors (Lipinski definition) is 2. The van der Waals surface area contributed by atoms with Crippen LogP contribution in [0.5, 0.6) is 0 Å². The summed E-state index contributed by atoms with van der Waals surface area (Å²) in [6.45, 7) is 5.72. The number of aromatic amines is 1. The molecule has 0 amide bonds. The van der Waals surface area contributed by atoms with Crippen molar-refractivity contribution < 1.29 is 0 Å². The number of imidazole rings is 1. The molecular weight excluding hydrogens is 174 g/mol. The fourth-order valence-electron chi connectivity index (χ4n) is 2.22. The van der Waals surface area contributed by atoms with Crippen molar-refractivity contribution in [3.8, 4) is 0 Å². The largest absolute Gasteiger partial charge is 0.339 e. The molecule has 0 saturated carbocycles. The van der Waals surface area contributed by atoms with Crippen LogP contribution >= 0.6 is 0 Å². The van der Waals surface area contributed by atoms with E-state index in [9.17, 15) is 0 Å². The lowest BCUT2D eigenvalue weighted by Crippen LogP contribution is -2.42. The number of aromatic nitrogens is 2. The first-order valence-electron chi connectivity index (χ1n) is 5.57. The topological polar surface area (TPSA) is 31.9 Å². The van der Waals surface area contributed by atoms with Crippen molar-refractivity contribution in [3.05, 3.63) is 12.4 Å². The lowest BCUT2D eigenvalue weighted by molar-refractivity contribution is 0.356. The second-order valence-corrected chi connectivity index (χ2v) is 4.27. The molecule has 0 aromatic carbocycles. The number of nitrogens with zero attached hydrogens (tertiary/aromatic N) is 2. The molecule has 1 aliphatic rings. The highest BCUT2D eigenvalue weighted by Gasteiger charge is 2.25. The zero-order valence-electron chi connectivity index (χ0n) is 9.03. The van der Waals surface area contributed by atoms with Crippen LogP contribution in [0.2, 0.25) is 0 Å². The number of hydrogen-bond donors (Lipinski definition) is 1. The van der Waals surface area contributed by atoms with Crippen molar-refractivity contribution in [3.63, 3.8) is 0 Å². The van der Waals surface area contributed by atoms with E-state index in [1.165, 1.54) is 19.3 Å². The van der Waals surface area contributed by atoms with Crippen LogP contribution in [0.25, 0.3) is 0 Å². The van der Waals surface area contributed by atoms with Crippen LogP contribution in [-0.4, -0.2) is 22.6 Å². The quantitative estimate of drug-likeness (QED) is 0.782. The van der Waals surface area contributed by atoms with Crippen LogP contribution in [0.15, 0.2) is 12.4 Å². The third kappa shape index (κ3) is 1.76. The van der Waals surface area contributed by atoms with E-state index >= 15 is 0 Å². The zero-order valence-corrected chi connectivity index (χ0v) is 9.03. The molecule has 1 N–H and O–H groups in total. The molecule has 1 fully saturated rings. The Labute approximate surface area is 85.5 Å². The van der Waals surface area contributed by atoms with Crippen LogP contribution in [0.4, 0.5) is 5.95 Å². The molecule has 1 aliphatic heterocycles. The van der Waals surface area contributed by atoms with Crippen molar-refractivity contribution in [2.24, 2.45) is 5.92 Å². The molecule has 78 valence electrons. The van der Waals surface area contributed by atoms with Crippen LogP contribution < -0.4 is 4.90 Å². The Hall–Kier alpha value is -0.990. The molecule has 1 saturated heterocycles. The fourth-order valence-corrected chi connectivity index (χ4v) is 2.22. The number of rotatable bonds is 2. The van der Waals surface area contributed by atoms with Crippen LogP contribution in [0, 0.1) is 5.92 Å². The Morgan fingerprint density at radius 3 is 3.07 bits per heavy atom. The van der Waals surface area contributed by atoms with E-state index in [0.717, 1.165) is 18.4 Å². The molecule has 14 heavy (non-hydrogen) atoms. The highest BCUT2D eigenvalue weighted by Crippen LogP contribution is 2.26. The maximum absolute atomic E-state index is 4.33. The second kappa shape index (κ2) is 4.03. The maximum atomic E-state index is 4.33. The second-order valence-electron chi connectivity index (χ2n) is 4.27. The summed E-state index contributed by atoms with van der Waals surface area (Å²) in [6.07, 6.45) is 7.67. The average molecular weight is 193 g/mol. The predicted molar refractivity (Wildman–Crippen MR) is 58.4 cm³/mol. The van der Waals surface area contributed by atoms with Crippen molar-refractivity contribution in [2.45, 2.75) is 39.2 Å². The van der Waals surface area contributed by atoms with Gasteiger partial charge in [-0.15, -0.1) is 0 Å². The van der Waals surface area contributed by atoms with Gasteiger partial charge in [-0.05, 0) is 25.7 Å². The first-order valence-corrected chi connectivity index (χ1v) is 5.57. The Morgan fingerprint density at radius 1 is 1.57 bits per heavy atom. The van der Waals surface area contributed by atoms with Gasteiger partial charge in [0.2, 0.25) is 5.95 Å². The Balaban J connectivity index is 2.09. The molecule has 0 spiro atoms. The smallest absolute Gasteiger partial charge is 0.202 e. The van der Waals surface area contributed by atoms with Gasteiger partial charge in [0.05, 0.1) is 0 Å². The molecule has 1 aromatic rings. The molecule has 0 unspecified atom stereocenters. The summed E-state index contributed by atoms with van der Waals surface area (Å²) < 4.78 is 0. The van der Waals surface area contributed by atoms with Crippen LogP contribution in [-0.2, 0) is 0 Å². The number of anilines is 1. The third-order valence-electron chi connectivity index (χ3n) is 3.31. The van der Waals surface area contributed by atoms with Crippen molar-refractivity contribution >= 4 is 5.95 Å². The summed E-state index contributed by atoms with van der Waals surface area (Å²) in [5.74, 6) is 1.88. The van der Waals surface area contributed by atoms with Crippen molar-refractivity contribution in [1.29, 1.82) is 0 Å². The summed E-state index contributed by atoms with van der Waals surface area (Å²) >= 11 is 0. The van der Waals surface area contributed by atoms with E-state index in [0.29, 0.717) is 6.04 Å². The summed E-state index contributed by atoms with van der Waals surface area (Å²) in [7, 11) is 0. The van der Waals surface area contributed by atoms with E-state index in [1.54, 1.807) is 0 Å². The van der Waals surface area contributed by atoms with Gasteiger partial charge in [0.1, 0.15) is 0 Å². The van der Waals surface area contributed by atoms with Gasteiger partial charge in [-0.2, -0.15) is 0 Å². The molecule has 0 aliphatic carbocycles. The molecule has 0 bridgehead atoms. The Kier molecular flexibility index (Phi) is 2.75.